The van der Waals surface area contributed by atoms with Gasteiger partial charge >= 0.3 is 6.09 Å². The number of nitro groups is 1. The lowest BCUT2D eigenvalue weighted by molar-refractivity contribution is -0.384. The van der Waals surface area contributed by atoms with Crippen molar-refractivity contribution in [2.75, 3.05) is 26.4 Å². The maximum atomic E-state index is 14.6. The minimum Gasteiger partial charge on any atom is -0.487 e. The highest BCUT2D eigenvalue weighted by Crippen LogP contribution is 2.62. The molecular formula is C48H62N4O10. The number of pyridine rings is 1. The van der Waals surface area contributed by atoms with Crippen molar-refractivity contribution in [1.29, 1.82) is 0 Å². The lowest BCUT2D eigenvalue weighted by Crippen LogP contribution is -2.70. The molecule has 2 aromatic carbocycles. The molecule has 1 saturated carbocycles. The first-order valence-corrected chi connectivity index (χ1v) is 21.9. The molecule has 62 heavy (non-hydrogen) atoms. The molecule has 2 heterocycles. The van der Waals surface area contributed by atoms with Crippen molar-refractivity contribution < 1.29 is 43.7 Å². The summed E-state index contributed by atoms with van der Waals surface area (Å²) in [7, 11) is 0. The Bertz CT molecular complexity index is 2080. The van der Waals surface area contributed by atoms with E-state index in [-0.39, 0.29) is 68.6 Å². The first-order valence-electron chi connectivity index (χ1n) is 21.9. The van der Waals surface area contributed by atoms with Gasteiger partial charge in [-0.2, -0.15) is 0 Å². The van der Waals surface area contributed by atoms with E-state index in [9.17, 15) is 25.1 Å². The molecule has 1 aromatic heterocycles. The number of ether oxygens (including phenoxy) is 4. The summed E-state index contributed by atoms with van der Waals surface area (Å²) in [5.74, 6) is -0.797. The van der Waals surface area contributed by atoms with Crippen LogP contribution in [0.25, 0.3) is 0 Å². The minimum absolute atomic E-state index is 0.0206. The molecule has 0 bridgehead atoms. The molecule has 6 atom stereocenters. The number of nitro benzene ring substituents is 1. The summed E-state index contributed by atoms with van der Waals surface area (Å²) in [6, 6.07) is 16.3. The van der Waals surface area contributed by atoms with Gasteiger partial charge in [-0.05, 0) is 120 Å². The Labute approximate surface area is 364 Å². The zero-order chi connectivity index (χ0) is 44.4. The summed E-state index contributed by atoms with van der Waals surface area (Å²) in [6.07, 6.45) is 8.51. The predicted molar refractivity (Wildman–Crippen MR) is 235 cm³/mol. The molecule has 1 fully saturated rings. The van der Waals surface area contributed by atoms with Crippen LogP contribution in [-0.2, 0) is 16.2 Å². The van der Waals surface area contributed by atoms with Gasteiger partial charge in [0, 0.05) is 55.5 Å². The molecule has 14 nitrogen and oxygen atoms in total. The van der Waals surface area contributed by atoms with Gasteiger partial charge in [0.1, 0.15) is 35.5 Å². The normalized spacial score (nSPS) is 23.3. The zero-order valence-electron chi connectivity index (χ0n) is 36.7. The fourth-order valence-electron chi connectivity index (χ4n) is 9.18. The van der Waals surface area contributed by atoms with Gasteiger partial charge in [0.05, 0.1) is 28.9 Å². The Morgan fingerprint density at radius 1 is 1.06 bits per heavy atom. The molecule has 6 rings (SSSR count). The number of fused-ring (bicyclic) bond motifs is 2. The average molecular weight is 855 g/mol. The second-order valence-corrected chi connectivity index (χ2v) is 17.3. The summed E-state index contributed by atoms with van der Waals surface area (Å²) in [5, 5.41) is 36.1. The number of aromatic nitrogens is 1. The number of non-ortho nitro benzene ring substituents is 1. The van der Waals surface area contributed by atoms with Crippen LogP contribution in [0.1, 0.15) is 102 Å². The third-order valence-corrected chi connectivity index (χ3v) is 11.7. The lowest BCUT2D eigenvalue weighted by Gasteiger charge is -2.60. The predicted octanol–water partition coefficient (Wildman–Crippen LogP) is 9.22. The average Bonchev–Trinajstić information content (AvgIpc) is 3.24. The van der Waals surface area contributed by atoms with Gasteiger partial charge in [-0.3, -0.25) is 20.0 Å². The fourth-order valence-corrected chi connectivity index (χ4v) is 9.18. The topological polar surface area (TPSA) is 175 Å². The first-order chi connectivity index (χ1) is 29.8. The number of oxime groups is 1. The first kappa shape index (κ1) is 46.2. The Kier molecular flexibility index (Phi) is 15.4. The van der Waals surface area contributed by atoms with Crippen LogP contribution in [0.5, 0.6) is 17.2 Å². The number of carbonyl (C=O) groups excluding carboxylic acids is 1. The van der Waals surface area contributed by atoms with Crippen molar-refractivity contribution in [2.45, 2.75) is 116 Å². The molecule has 3 aromatic rings. The molecule has 2 N–H and O–H groups in total. The van der Waals surface area contributed by atoms with E-state index in [2.05, 4.69) is 23.7 Å². The van der Waals surface area contributed by atoms with Gasteiger partial charge in [-0.25, -0.2) is 4.79 Å². The number of nitrogens with zero attached hydrogens (tertiary/aromatic N) is 4. The third-order valence-electron chi connectivity index (χ3n) is 11.7. The Hall–Kier alpha value is -5.31. The van der Waals surface area contributed by atoms with Crippen LogP contribution in [0.2, 0.25) is 0 Å². The Balaban J connectivity index is 1.55. The van der Waals surface area contributed by atoms with Crippen molar-refractivity contribution >= 4 is 17.5 Å². The molecule has 0 spiro atoms. The van der Waals surface area contributed by atoms with E-state index >= 15 is 0 Å². The van der Waals surface area contributed by atoms with E-state index in [4.69, 9.17) is 28.9 Å². The van der Waals surface area contributed by atoms with Gasteiger partial charge < -0.3 is 34.0 Å². The van der Waals surface area contributed by atoms with Crippen molar-refractivity contribution in [2.24, 2.45) is 22.9 Å². The van der Waals surface area contributed by atoms with Gasteiger partial charge in [0.2, 0.25) is 5.79 Å². The monoisotopic (exact) mass is 854 g/mol. The number of aliphatic hydroxyl groups is 2. The van der Waals surface area contributed by atoms with E-state index in [0.717, 1.165) is 48.2 Å². The highest BCUT2D eigenvalue weighted by Gasteiger charge is 2.65. The van der Waals surface area contributed by atoms with Gasteiger partial charge in [-0.1, -0.05) is 43.1 Å². The third kappa shape index (κ3) is 10.6. The number of hydrogen-bond acceptors (Lipinski definition) is 12. The van der Waals surface area contributed by atoms with Crippen molar-refractivity contribution in [3.05, 3.63) is 112 Å². The molecule has 1 amide bonds. The number of carbonyl (C=O) groups is 1. The molecule has 334 valence electrons. The molecule has 0 saturated heterocycles. The summed E-state index contributed by atoms with van der Waals surface area (Å²) >= 11 is 0. The molecule has 6 unspecified atom stereocenters. The quantitative estimate of drug-likeness (QED) is 0.0480. The Morgan fingerprint density at radius 3 is 2.45 bits per heavy atom. The van der Waals surface area contributed by atoms with E-state index in [1.54, 1.807) is 11.0 Å². The molecule has 3 aliphatic rings. The SMILES string of the molecule is C=CCOC12Oc3ccc(OCc4cccc(C)n4)cc3C3C(CCCCO)C(CCCCO)C=C(C(=NOC(C)(C)C)CC1N(CCC)C(=O)Oc1ccc([N+](=O)[O-])cc1)C32. The van der Waals surface area contributed by atoms with Gasteiger partial charge in [0.15, 0.2) is 0 Å². The summed E-state index contributed by atoms with van der Waals surface area (Å²) in [4.78, 5) is 38.0. The number of aryl methyl sites for hydroxylation is 1. The van der Waals surface area contributed by atoms with Crippen molar-refractivity contribution in [3.8, 4) is 17.2 Å². The van der Waals surface area contributed by atoms with E-state index in [0.29, 0.717) is 36.5 Å². The maximum Gasteiger partial charge on any atom is 0.415 e. The summed E-state index contributed by atoms with van der Waals surface area (Å²) < 4.78 is 26.8. The highest BCUT2D eigenvalue weighted by molar-refractivity contribution is 6.03. The van der Waals surface area contributed by atoms with Crippen LogP contribution in [0, 0.1) is 34.8 Å². The Morgan fingerprint density at radius 2 is 1.79 bits per heavy atom. The molecular weight excluding hydrogens is 793 g/mol. The molecule has 14 heteroatoms. The van der Waals surface area contributed by atoms with Gasteiger partial charge in [-0.15, -0.1) is 6.58 Å². The van der Waals surface area contributed by atoms with Crippen LogP contribution in [0.3, 0.4) is 0 Å². The number of amides is 1. The number of aliphatic hydroxyl groups excluding tert-OH is 2. The molecule has 0 radical (unpaired) electrons. The van der Waals surface area contributed by atoms with Gasteiger partial charge in [0.25, 0.3) is 5.69 Å². The van der Waals surface area contributed by atoms with E-state index in [1.807, 2.05) is 65.0 Å². The van der Waals surface area contributed by atoms with Crippen LogP contribution in [-0.4, -0.2) is 80.6 Å². The smallest absolute Gasteiger partial charge is 0.415 e. The second kappa shape index (κ2) is 20.7. The number of hydrogen-bond donors (Lipinski definition) is 2. The zero-order valence-corrected chi connectivity index (χ0v) is 36.7. The minimum atomic E-state index is -1.48. The van der Waals surface area contributed by atoms with E-state index in [1.165, 1.54) is 24.3 Å². The molecule has 1 aliphatic heterocycles. The van der Waals surface area contributed by atoms with Crippen molar-refractivity contribution in [1.82, 2.24) is 9.88 Å². The van der Waals surface area contributed by atoms with Crippen LogP contribution in [0.15, 0.2) is 90.1 Å². The van der Waals surface area contributed by atoms with Crippen LogP contribution >= 0.6 is 0 Å². The number of rotatable bonds is 20. The van der Waals surface area contributed by atoms with E-state index < -0.39 is 34.4 Å². The largest absolute Gasteiger partial charge is 0.487 e. The van der Waals surface area contributed by atoms with Crippen molar-refractivity contribution in [3.63, 3.8) is 0 Å². The maximum absolute atomic E-state index is 14.6. The fraction of sp³-hybridized carbons (Fsp3) is 0.521. The number of allylic oxidation sites excluding steroid dienone is 1. The summed E-state index contributed by atoms with van der Waals surface area (Å²) in [5.41, 5.74) is 3.44. The number of benzene rings is 2. The van der Waals surface area contributed by atoms with Crippen LogP contribution in [0.4, 0.5) is 10.5 Å². The lowest BCUT2D eigenvalue weighted by atomic mass is 9.55. The highest BCUT2D eigenvalue weighted by atomic mass is 16.7. The van der Waals surface area contributed by atoms with Crippen LogP contribution < -0.4 is 14.2 Å². The standard InChI is InChI=1S/C48H62N4O10/c1-7-24-51(46(55)60-36-20-18-35(19-21-36)52(56)57)43-30-41(50-62-47(4,5)6)39-28-33(15-9-11-25-53)38(17-10-12-26-54)44-40-29-37(58-31-34-16-13-14-32(3)49-34)22-23-42(40)61-48(43,45(39)44)59-27-8-2/h8,13-14,16,18-23,28-29,33,38,43-45,53-54H,2,7,9-12,15,17,24-27,30-31H2,1,3-6H3. The molecule has 2 aliphatic carbocycles. The second-order valence-electron chi connectivity index (χ2n) is 17.3. The number of unbranched alkanes of at least 4 members (excludes halogenated alkanes) is 2. The summed E-state index contributed by atoms with van der Waals surface area (Å²) in [6.45, 7) is 14.5.